The predicted molar refractivity (Wildman–Crippen MR) is 121 cm³/mol. The summed E-state index contributed by atoms with van der Waals surface area (Å²) >= 11 is 12.1. The van der Waals surface area contributed by atoms with Gasteiger partial charge in [-0.05, 0) is 80.4 Å². The normalized spacial score (nSPS) is 11.3. The molecule has 0 aliphatic heterocycles. The van der Waals surface area contributed by atoms with E-state index in [-0.39, 0.29) is 5.97 Å². The lowest BCUT2D eigenvalue weighted by Gasteiger charge is -2.10. The summed E-state index contributed by atoms with van der Waals surface area (Å²) in [6.07, 6.45) is 1.84. The van der Waals surface area contributed by atoms with E-state index < -0.39 is 0 Å². The Hall–Kier alpha value is -3.00. The summed E-state index contributed by atoms with van der Waals surface area (Å²) in [5.41, 5.74) is 5.53. The third-order valence-corrected chi connectivity index (χ3v) is 5.50. The topological polar surface area (TPSA) is 55.0 Å². The van der Waals surface area contributed by atoms with Crippen molar-refractivity contribution in [3.8, 4) is 11.8 Å². The molecule has 0 unspecified atom stereocenters. The summed E-state index contributed by atoms with van der Waals surface area (Å²) in [5, 5.41) is 10.5. The molecule has 2 aromatic carbocycles. The molecule has 1 aromatic heterocycles. The van der Waals surface area contributed by atoms with E-state index in [0.29, 0.717) is 33.4 Å². The summed E-state index contributed by atoms with van der Waals surface area (Å²) < 4.78 is 7.11. The maximum Gasteiger partial charge on any atom is 0.338 e. The second-order valence-corrected chi connectivity index (χ2v) is 7.54. The summed E-state index contributed by atoms with van der Waals surface area (Å²) in [4.78, 5) is 11.9. The first-order chi connectivity index (χ1) is 14.3. The van der Waals surface area contributed by atoms with Gasteiger partial charge in [0.15, 0.2) is 0 Å². The number of benzene rings is 2. The molecule has 0 spiro atoms. The molecule has 0 radical (unpaired) electrons. The molecule has 0 amide bonds. The Morgan fingerprint density at radius 1 is 1.07 bits per heavy atom. The largest absolute Gasteiger partial charge is 0.462 e. The van der Waals surface area contributed by atoms with Gasteiger partial charge in [-0.2, -0.15) is 5.26 Å². The number of halogens is 2. The summed E-state index contributed by atoms with van der Waals surface area (Å²) in [7, 11) is 0. The Kier molecular flexibility index (Phi) is 6.66. The minimum absolute atomic E-state index is 0.339. The zero-order chi connectivity index (χ0) is 21.8. The highest BCUT2D eigenvalue weighted by Crippen LogP contribution is 2.29. The standard InChI is InChI=1S/C24H20Cl2N2O2/c1-4-30-24(29)17-5-8-21(9-6-17)28-15(2)11-19(16(28)3)12-20(14-27)18-7-10-22(25)23(26)13-18/h5-13H,4H2,1-3H3/b20-12-. The second kappa shape index (κ2) is 9.21. The third kappa shape index (κ3) is 4.43. The highest BCUT2D eigenvalue weighted by atomic mass is 35.5. The van der Waals surface area contributed by atoms with Crippen molar-refractivity contribution in [2.24, 2.45) is 0 Å². The molecule has 0 fully saturated rings. The van der Waals surface area contributed by atoms with Gasteiger partial charge in [-0.15, -0.1) is 0 Å². The number of carbonyl (C=O) groups is 1. The van der Waals surface area contributed by atoms with Gasteiger partial charge >= 0.3 is 5.97 Å². The lowest BCUT2D eigenvalue weighted by Crippen LogP contribution is -2.05. The molecule has 6 heteroatoms. The maximum atomic E-state index is 11.9. The molecule has 0 atom stereocenters. The number of nitriles is 1. The van der Waals surface area contributed by atoms with Crippen LogP contribution >= 0.6 is 23.2 Å². The third-order valence-electron chi connectivity index (χ3n) is 4.76. The van der Waals surface area contributed by atoms with Crippen molar-refractivity contribution in [1.29, 1.82) is 5.26 Å². The van der Waals surface area contributed by atoms with Crippen molar-refractivity contribution in [2.45, 2.75) is 20.8 Å². The number of rotatable bonds is 5. The number of aryl methyl sites for hydroxylation is 1. The van der Waals surface area contributed by atoms with Gasteiger partial charge in [0.2, 0.25) is 0 Å². The van der Waals surface area contributed by atoms with Crippen LogP contribution in [0.15, 0.2) is 48.5 Å². The van der Waals surface area contributed by atoms with E-state index in [4.69, 9.17) is 27.9 Å². The van der Waals surface area contributed by atoms with E-state index in [2.05, 4.69) is 10.6 Å². The smallest absolute Gasteiger partial charge is 0.338 e. The van der Waals surface area contributed by atoms with Crippen molar-refractivity contribution in [3.63, 3.8) is 0 Å². The number of carbonyl (C=O) groups excluding carboxylic acids is 1. The molecule has 3 aromatic rings. The van der Waals surface area contributed by atoms with Gasteiger partial charge in [0.1, 0.15) is 0 Å². The van der Waals surface area contributed by atoms with Crippen molar-refractivity contribution < 1.29 is 9.53 Å². The summed E-state index contributed by atoms with van der Waals surface area (Å²) in [6, 6.07) is 16.7. The number of allylic oxidation sites excluding steroid dienone is 1. The maximum absolute atomic E-state index is 11.9. The van der Waals surface area contributed by atoms with Crippen LogP contribution in [0.25, 0.3) is 17.3 Å². The Bertz CT molecular complexity index is 1170. The van der Waals surface area contributed by atoms with Crippen LogP contribution in [0.3, 0.4) is 0 Å². The average molecular weight is 439 g/mol. The minimum atomic E-state index is -0.339. The van der Waals surface area contributed by atoms with Crippen molar-refractivity contribution in [2.75, 3.05) is 6.61 Å². The van der Waals surface area contributed by atoms with Crippen molar-refractivity contribution in [1.82, 2.24) is 4.57 Å². The lowest BCUT2D eigenvalue weighted by atomic mass is 10.0. The predicted octanol–water partition coefficient (Wildman–Crippen LogP) is 6.64. The summed E-state index contributed by atoms with van der Waals surface area (Å²) in [6.45, 7) is 6.10. The Balaban J connectivity index is 1.99. The van der Waals surface area contributed by atoms with Gasteiger partial charge < -0.3 is 9.30 Å². The molecular weight excluding hydrogens is 419 g/mol. The second-order valence-electron chi connectivity index (χ2n) is 6.73. The van der Waals surface area contributed by atoms with E-state index in [9.17, 15) is 10.1 Å². The molecule has 152 valence electrons. The minimum Gasteiger partial charge on any atom is -0.462 e. The zero-order valence-electron chi connectivity index (χ0n) is 16.9. The van der Waals surface area contributed by atoms with Gasteiger partial charge in [-0.3, -0.25) is 0 Å². The number of hydrogen-bond acceptors (Lipinski definition) is 3. The number of esters is 1. The molecule has 30 heavy (non-hydrogen) atoms. The van der Waals surface area contributed by atoms with Crippen LogP contribution in [0.5, 0.6) is 0 Å². The van der Waals surface area contributed by atoms with E-state index in [1.54, 1.807) is 37.3 Å². The zero-order valence-corrected chi connectivity index (χ0v) is 18.4. The first-order valence-electron chi connectivity index (χ1n) is 9.39. The summed E-state index contributed by atoms with van der Waals surface area (Å²) in [5.74, 6) is -0.339. The Morgan fingerprint density at radius 2 is 1.73 bits per heavy atom. The van der Waals surface area contributed by atoms with E-state index in [1.165, 1.54) is 0 Å². The van der Waals surface area contributed by atoms with Gasteiger partial charge in [0.05, 0.1) is 33.9 Å². The molecule has 0 aliphatic carbocycles. The van der Waals surface area contributed by atoms with Gasteiger partial charge in [-0.1, -0.05) is 29.3 Å². The molecule has 0 N–H and O–H groups in total. The fourth-order valence-electron chi connectivity index (χ4n) is 3.29. The van der Waals surface area contributed by atoms with E-state index in [0.717, 1.165) is 22.6 Å². The average Bonchev–Trinajstić information content (AvgIpc) is 3.01. The molecule has 4 nitrogen and oxygen atoms in total. The van der Waals surface area contributed by atoms with Gasteiger partial charge in [0.25, 0.3) is 0 Å². The number of ether oxygens (including phenoxy) is 1. The quantitative estimate of drug-likeness (QED) is 0.331. The van der Waals surface area contributed by atoms with Crippen LogP contribution in [-0.2, 0) is 4.74 Å². The van der Waals surface area contributed by atoms with Gasteiger partial charge in [-0.25, -0.2) is 4.79 Å². The van der Waals surface area contributed by atoms with Crippen LogP contribution in [0.2, 0.25) is 10.0 Å². The molecule has 1 heterocycles. The number of nitrogens with zero attached hydrogens (tertiary/aromatic N) is 2. The Labute approximate surface area is 185 Å². The number of hydrogen-bond donors (Lipinski definition) is 0. The van der Waals surface area contributed by atoms with Gasteiger partial charge in [0, 0.05) is 17.1 Å². The molecular formula is C24H20Cl2N2O2. The monoisotopic (exact) mass is 438 g/mol. The Morgan fingerprint density at radius 3 is 2.33 bits per heavy atom. The first kappa shape index (κ1) is 21.7. The highest BCUT2D eigenvalue weighted by molar-refractivity contribution is 6.42. The number of aromatic nitrogens is 1. The first-order valence-corrected chi connectivity index (χ1v) is 10.1. The lowest BCUT2D eigenvalue weighted by molar-refractivity contribution is 0.0526. The SMILES string of the molecule is CCOC(=O)c1ccc(-n2c(C)cc(/C=C(/C#N)c3ccc(Cl)c(Cl)c3)c2C)cc1. The highest BCUT2D eigenvalue weighted by Gasteiger charge is 2.13. The van der Waals surface area contributed by atoms with Crippen LogP contribution in [-0.4, -0.2) is 17.1 Å². The van der Waals surface area contributed by atoms with Crippen LogP contribution < -0.4 is 0 Å². The van der Waals surface area contributed by atoms with Crippen molar-refractivity contribution >= 4 is 40.8 Å². The molecule has 0 bridgehead atoms. The molecule has 0 saturated carbocycles. The molecule has 3 rings (SSSR count). The van der Waals surface area contributed by atoms with E-state index >= 15 is 0 Å². The van der Waals surface area contributed by atoms with Crippen LogP contribution in [0.1, 0.15) is 39.8 Å². The van der Waals surface area contributed by atoms with E-state index in [1.807, 2.05) is 38.1 Å². The fraction of sp³-hybridized carbons (Fsp3) is 0.167. The molecule has 0 aliphatic rings. The van der Waals surface area contributed by atoms with Crippen LogP contribution in [0.4, 0.5) is 0 Å². The van der Waals surface area contributed by atoms with Crippen LogP contribution in [0, 0.1) is 25.2 Å². The molecule has 0 saturated heterocycles. The fourth-order valence-corrected chi connectivity index (χ4v) is 3.59. The van der Waals surface area contributed by atoms with Crippen molar-refractivity contribution in [3.05, 3.63) is 86.7 Å².